The first-order valence-electron chi connectivity index (χ1n) is 7.94. The van der Waals surface area contributed by atoms with Crippen molar-refractivity contribution in [1.29, 1.82) is 0 Å². The molecule has 1 fully saturated rings. The van der Waals surface area contributed by atoms with E-state index in [0.717, 1.165) is 38.1 Å². The van der Waals surface area contributed by atoms with E-state index < -0.39 is 0 Å². The lowest BCUT2D eigenvalue weighted by Crippen LogP contribution is -2.39. The van der Waals surface area contributed by atoms with Gasteiger partial charge in [-0.1, -0.05) is 19.1 Å². The van der Waals surface area contributed by atoms with Crippen LogP contribution in [0, 0.1) is 5.92 Å². The molecule has 4 nitrogen and oxygen atoms in total. The summed E-state index contributed by atoms with van der Waals surface area (Å²) in [5, 5.41) is 9.13. The van der Waals surface area contributed by atoms with E-state index in [2.05, 4.69) is 24.0 Å². The first-order valence-corrected chi connectivity index (χ1v) is 7.94. The number of ether oxygens (including phenoxy) is 1. The van der Waals surface area contributed by atoms with Gasteiger partial charge < -0.3 is 15.6 Å². The Labute approximate surface area is 127 Å². The molecule has 1 aliphatic rings. The predicted molar refractivity (Wildman–Crippen MR) is 85.4 cm³/mol. The van der Waals surface area contributed by atoms with E-state index in [1.54, 1.807) is 7.11 Å². The van der Waals surface area contributed by atoms with Gasteiger partial charge in [-0.3, -0.25) is 4.90 Å². The lowest BCUT2D eigenvalue weighted by molar-refractivity contribution is 0.193. The minimum absolute atomic E-state index is 0.116. The second-order valence-electron chi connectivity index (χ2n) is 5.96. The van der Waals surface area contributed by atoms with Crippen molar-refractivity contribution in [1.82, 2.24) is 4.90 Å². The van der Waals surface area contributed by atoms with E-state index in [1.165, 1.54) is 5.56 Å². The van der Waals surface area contributed by atoms with Crippen molar-refractivity contribution in [3.8, 4) is 5.75 Å². The van der Waals surface area contributed by atoms with Gasteiger partial charge >= 0.3 is 0 Å². The van der Waals surface area contributed by atoms with Crippen LogP contribution in [0.25, 0.3) is 0 Å². The van der Waals surface area contributed by atoms with Gasteiger partial charge in [0, 0.05) is 19.2 Å². The summed E-state index contributed by atoms with van der Waals surface area (Å²) in [6.07, 6.45) is 2.99. The average molecular weight is 292 g/mol. The zero-order valence-electron chi connectivity index (χ0n) is 13.2. The molecule has 118 valence electrons. The maximum Gasteiger partial charge on any atom is 0.119 e. The number of nitrogens with zero attached hydrogens (tertiary/aromatic N) is 1. The molecule has 0 amide bonds. The smallest absolute Gasteiger partial charge is 0.119 e. The van der Waals surface area contributed by atoms with Crippen molar-refractivity contribution in [2.45, 2.75) is 38.3 Å². The van der Waals surface area contributed by atoms with E-state index >= 15 is 0 Å². The van der Waals surface area contributed by atoms with Crippen molar-refractivity contribution >= 4 is 0 Å². The largest absolute Gasteiger partial charge is 0.497 e. The van der Waals surface area contributed by atoms with Gasteiger partial charge in [0.25, 0.3) is 0 Å². The molecule has 1 heterocycles. The molecule has 3 N–H and O–H groups in total. The zero-order valence-corrected chi connectivity index (χ0v) is 13.2. The van der Waals surface area contributed by atoms with E-state index in [4.69, 9.17) is 15.6 Å². The highest BCUT2D eigenvalue weighted by atomic mass is 16.5. The van der Waals surface area contributed by atoms with E-state index in [1.807, 2.05) is 12.1 Å². The number of aliphatic hydroxyl groups is 1. The topological polar surface area (TPSA) is 58.7 Å². The van der Waals surface area contributed by atoms with Crippen LogP contribution in [0.2, 0.25) is 0 Å². The highest BCUT2D eigenvalue weighted by Crippen LogP contribution is 2.33. The Kier molecular flexibility index (Phi) is 6.03. The van der Waals surface area contributed by atoms with Crippen molar-refractivity contribution in [2.75, 3.05) is 26.8 Å². The lowest BCUT2D eigenvalue weighted by atomic mass is 9.96. The summed E-state index contributed by atoms with van der Waals surface area (Å²) in [4.78, 5) is 2.48. The van der Waals surface area contributed by atoms with Crippen LogP contribution in [0.1, 0.15) is 37.8 Å². The third-order valence-electron chi connectivity index (χ3n) is 4.56. The van der Waals surface area contributed by atoms with Crippen LogP contribution in [0.3, 0.4) is 0 Å². The first kappa shape index (κ1) is 16.3. The Balaban J connectivity index is 2.18. The van der Waals surface area contributed by atoms with Gasteiger partial charge in [-0.25, -0.2) is 0 Å². The molecule has 1 aliphatic heterocycles. The monoisotopic (exact) mass is 292 g/mol. The number of hydrogen-bond donors (Lipinski definition) is 2. The molecule has 3 unspecified atom stereocenters. The fourth-order valence-corrected chi connectivity index (χ4v) is 3.31. The van der Waals surface area contributed by atoms with Gasteiger partial charge in [-0.2, -0.15) is 0 Å². The van der Waals surface area contributed by atoms with Gasteiger partial charge in [0.05, 0.1) is 13.2 Å². The highest BCUT2D eigenvalue weighted by Gasteiger charge is 2.32. The number of hydrogen-bond acceptors (Lipinski definition) is 4. The van der Waals surface area contributed by atoms with E-state index in [0.29, 0.717) is 5.92 Å². The number of aliphatic hydroxyl groups excluding tert-OH is 1. The van der Waals surface area contributed by atoms with Gasteiger partial charge in [0.1, 0.15) is 5.75 Å². The normalized spacial score (nSPS) is 22.2. The molecular formula is C17H28N2O2. The summed E-state index contributed by atoms with van der Waals surface area (Å²) in [5.74, 6) is 1.47. The summed E-state index contributed by atoms with van der Waals surface area (Å²) in [5.41, 5.74) is 7.64. The number of methoxy groups -OCH3 is 1. The van der Waals surface area contributed by atoms with Gasteiger partial charge in [-0.05, 0) is 49.4 Å². The molecule has 0 aliphatic carbocycles. The molecule has 0 bridgehead atoms. The van der Waals surface area contributed by atoms with Crippen LogP contribution >= 0.6 is 0 Å². The molecule has 0 aromatic heterocycles. The zero-order chi connectivity index (χ0) is 15.2. The Morgan fingerprint density at radius 1 is 1.48 bits per heavy atom. The second kappa shape index (κ2) is 7.78. The molecule has 4 heteroatoms. The lowest BCUT2D eigenvalue weighted by Gasteiger charge is -2.33. The Bertz CT molecular complexity index is 439. The van der Waals surface area contributed by atoms with Crippen LogP contribution in [0.4, 0.5) is 0 Å². The van der Waals surface area contributed by atoms with Crippen LogP contribution < -0.4 is 10.5 Å². The maximum absolute atomic E-state index is 9.13. The minimum atomic E-state index is 0.116. The summed E-state index contributed by atoms with van der Waals surface area (Å²) >= 11 is 0. The minimum Gasteiger partial charge on any atom is -0.497 e. The highest BCUT2D eigenvalue weighted by molar-refractivity contribution is 5.31. The Morgan fingerprint density at radius 2 is 2.29 bits per heavy atom. The van der Waals surface area contributed by atoms with Crippen LogP contribution in [-0.4, -0.2) is 42.9 Å². The van der Waals surface area contributed by atoms with Crippen LogP contribution in [0.15, 0.2) is 24.3 Å². The molecule has 1 saturated heterocycles. The fourth-order valence-electron chi connectivity index (χ4n) is 3.31. The quantitative estimate of drug-likeness (QED) is 0.809. The molecule has 0 saturated carbocycles. The molecule has 1 aromatic carbocycles. The Morgan fingerprint density at radius 3 is 2.95 bits per heavy atom. The molecule has 0 spiro atoms. The number of benzene rings is 1. The van der Waals surface area contributed by atoms with Crippen LogP contribution in [-0.2, 0) is 0 Å². The van der Waals surface area contributed by atoms with E-state index in [9.17, 15) is 0 Å². The molecule has 2 rings (SSSR count). The number of nitrogens with two attached hydrogens (primary N) is 1. The second-order valence-corrected chi connectivity index (χ2v) is 5.96. The fraction of sp³-hybridized carbons (Fsp3) is 0.647. The summed E-state index contributed by atoms with van der Waals surface area (Å²) in [6.45, 7) is 4.50. The van der Waals surface area contributed by atoms with E-state index in [-0.39, 0.29) is 18.7 Å². The van der Waals surface area contributed by atoms with Gasteiger partial charge in [-0.15, -0.1) is 0 Å². The van der Waals surface area contributed by atoms with Crippen molar-refractivity contribution < 1.29 is 9.84 Å². The maximum atomic E-state index is 9.13. The average Bonchev–Trinajstić information content (AvgIpc) is 2.96. The first-order chi connectivity index (χ1) is 10.2. The number of likely N-dealkylation sites (tertiary alicyclic amines) is 1. The summed E-state index contributed by atoms with van der Waals surface area (Å²) in [6, 6.07) is 8.59. The van der Waals surface area contributed by atoms with Gasteiger partial charge in [0.2, 0.25) is 0 Å². The third-order valence-corrected chi connectivity index (χ3v) is 4.56. The molecule has 1 aromatic rings. The van der Waals surface area contributed by atoms with Crippen molar-refractivity contribution in [3.63, 3.8) is 0 Å². The third kappa shape index (κ3) is 3.96. The molecule has 3 atom stereocenters. The standard InChI is InChI=1S/C17H28N2O2/c1-3-16(18)17(14-5-4-6-15(11-14)21-2)19-9-7-13(12-19)8-10-20/h4-6,11,13,16-17,20H,3,7-10,12,18H2,1-2H3. The summed E-state index contributed by atoms with van der Waals surface area (Å²) < 4.78 is 5.35. The summed E-state index contributed by atoms with van der Waals surface area (Å²) in [7, 11) is 1.70. The van der Waals surface area contributed by atoms with Gasteiger partial charge in [0.15, 0.2) is 0 Å². The Hall–Kier alpha value is -1.10. The van der Waals surface area contributed by atoms with Crippen molar-refractivity contribution in [2.24, 2.45) is 11.7 Å². The predicted octanol–water partition coefficient (Wildman–Crippen LogP) is 2.18. The molecule has 0 radical (unpaired) electrons. The number of rotatable bonds is 7. The van der Waals surface area contributed by atoms with Crippen molar-refractivity contribution in [3.05, 3.63) is 29.8 Å². The molecular weight excluding hydrogens is 264 g/mol. The van der Waals surface area contributed by atoms with Crippen LogP contribution in [0.5, 0.6) is 5.75 Å². The molecule has 21 heavy (non-hydrogen) atoms. The SMILES string of the molecule is CCC(N)C(c1cccc(OC)c1)N1CCC(CCO)C1.